The van der Waals surface area contributed by atoms with Crippen molar-refractivity contribution < 1.29 is 14.3 Å². The molecule has 156 valence electrons. The van der Waals surface area contributed by atoms with E-state index in [-0.39, 0.29) is 6.09 Å². The lowest BCUT2D eigenvalue weighted by Crippen LogP contribution is -2.45. The highest BCUT2D eigenvalue weighted by atomic mass is 16.6. The van der Waals surface area contributed by atoms with Gasteiger partial charge in [0.1, 0.15) is 18.0 Å². The molecule has 0 aliphatic carbocycles. The molecular formula is C24H27N3O3. The zero-order valence-corrected chi connectivity index (χ0v) is 17.6. The van der Waals surface area contributed by atoms with Gasteiger partial charge in [-0.2, -0.15) is 5.10 Å². The molecule has 1 aliphatic heterocycles. The molecule has 1 atom stereocenters. The standard InChI is InChI=1S/C24H27N3O3/c1-24(2,3)30-23(28)26-16-13-19-11-7-12-20(29-17-18-9-5-4-6-10-18)21(19)22(26)27-15-8-14-25-27/h4-12,14-15,22H,13,16-17H2,1-3H3. The summed E-state index contributed by atoms with van der Waals surface area (Å²) in [4.78, 5) is 14.8. The number of rotatable bonds is 4. The van der Waals surface area contributed by atoms with Crippen LogP contribution in [0.3, 0.4) is 0 Å². The minimum Gasteiger partial charge on any atom is -0.488 e. The monoisotopic (exact) mass is 405 g/mol. The van der Waals surface area contributed by atoms with Crippen LogP contribution in [0.2, 0.25) is 0 Å². The molecule has 0 saturated carbocycles. The van der Waals surface area contributed by atoms with Crippen molar-refractivity contribution in [3.05, 3.63) is 83.7 Å². The molecule has 6 nitrogen and oxygen atoms in total. The number of benzene rings is 2. The van der Waals surface area contributed by atoms with Crippen molar-refractivity contribution in [2.75, 3.05) is 6.54 Å². The molecular weight excluding hydrogens is 378 g/mol. The number of amides is 1. The van der Waals surface area contributed by atoms with Gasteiger partial charge in [-0.25, -0.2) is 9.48 Å². The van der Waals surface area contributed by atoms with E-state index >= 15 is 0 Å². The zero-order valence-electron chi connectivity index (χ0n) is 17.6. The summed E-state index contributed by atoms with van der Waals surface area (Å²) in [5.74, 6) is 0.755. The number of carbonyl (C=O) groups excluding carboxylic acids is 1. The third-order valence-electron chi connectivity index (χ3n) is 4.97. The molecule has 2 aromatic carbocycles. The number of carbonyl (C=O) groups is 1. The molecule has 2 heterocycles. The second-order valence-corrected chi connectivity index (χ2v) is 8.39. The van der Waals surface area contributed by atoms with Gasteiger partial charge in [-0.1, -0.05) is 42.5 Å². The van der Waals surface area contributed by atoms with Crippen LogP contribution in [0.4, 0.5) is 4.79 Å². The van der Waals surface area contributed by atoms with E-state index < -0.39 is 11.8 Å². The van der Waals surface area contributed by atoms with Gasteiger partial charge < -0.3 is 9.47 Å². The number of nitrogens with zero attached hydrogens (tertiary/aromatic N) is 3. The first-order chi connectivity index (χ1) is 14.4. The Hall–Kier alpha value is -3.28. The minimum atomic E-state index is -0.574. The topological polar surface area (TPSA) is 56.6 Å². The molecule has 0 saturated heterocycles. The van der Waals surface area contributed by atoms with Crippen LogP contribution < -0.4 is 4.74 Å². The van der Waals surface area contributed by atoms with Crippen LogP contribution in [-0.2, 0) is 17.8 Å². The van der Waals surface area contributed by atoms with Gasteiger partial charge >= 0.3 is 6.09 Å². The van der Waals surface area contributed by atoms with Crippen molar-refractivity contribution in [1.82, 2.24) is 14.7 Å². The molecule has 0 spiro atoms. The SMILES string of the molecule is CC(C)(C)OC(=O)N1CCc2cccc(OCc3ccccc3)c2C1n1cccn1. The molecule has 0 fully saturated rings. The highest BCUT2D eigenvalue weighted by molar-refractivity contribution is 5.70. The minimum absolute atomic E-state index is 0.355. The Morgan fingerprint density at radius 3 is 2.60 bits per heavy atom. The lowest BCUT2D eigenvalue weighted by Gasteiger charge is -2.38. The second-order valence-electron chi connectivity index (χ2n) is 8.39. The number of ether oxygens (including phenoxy) is 2. The van der Waals surface area contributed by atoms with Gasteiger partial charge in [0.2, 0.25) is 0 Å². The van der Waals surface area contributed by atoms with Crippen molar-refractivity contribution >= 4 is 6.09 Å². The number of aromatic nitrogens is 2. The van der Waals surface area contributed by atoms with Gasteiger partial charge in [-0.15, -0.1) is 0 Å². The second kappa shape index (κ2) is 8.22. The van der Waals surface area contributed by atoms with E-state index in [0.29, 0.717) is 13.2 Å². The average molecular weight is 405 g/mol. The maximum Gasteiger partial charge on any atom is 0.412 e. The van der Waals surface area contributed by atoms with E-state index in [9.17, 15) is 4.79 Å². The lowest BCUT2D eigenvalue weighted by atomic mass is 9.96. The molecule has 1 amide bonds. The average Bonchev–Trinajstić information content (AvgIpc) is 3.25. The summed E-state index contributed by atoms with van der Waals surface area (Å²) in [5.41, 5.74) is 2.62. The van der Waals surface area contributed by atoms with Gasteiger partial charge in [0.15, 0.2) is 6.17 Å². The summed E-state index contributed by atoms with van der Waals surface area (Å²) in [6.45, 7) is 6.63. The number of fused-ring (bicyclic) bond motifs is 1. The summed E-state index contributed by atoms with van der Waals surface area (Å²) >= 11 is 0. The fourth-order valence-electron chi connectivity index (χ4n) is 3.69. The van der Waals surface area contributed by atoms with E-state index in [0.717, 1.165) is 28.9 Å². The number of hydrogen-bond acceptors (Lipinski definition) is 4. The van der Waals surface area contributed by atoms with Crippen LogP contribution in [0.15, 0.2) is 67.0 Å². The summed E-state index contributed by atoms with van der Waals surface area (Å²) in [5, 5.41) is 4.44. The van der Waals surface area contributed by atoms with Crippen molar-refractivity contribution in [3.8, 4) is 5.75 Å². The van der Waals surface area contributed by atoms with E-state index in [1.807, 2.05) is 75.5 Å². The van der Waals surface area contributed by atoms with Gasteiger partial charge in [-0.05, 0) is 50.5 Å². The number of hydrogen-bond donors (Lipinski definition) is 0. The maximum absolute atomic E-state index is 13.0. The smallest absolute Gasteiger partial charge is 0.412 e. The Kier molecular flexibility index (Phi) is 5.48. The first-order valence-corrected chi connectivity index (χ1v) is 10.2. The molecule has 0 bridgehead atoms. The van der Waals surface area contributed by atoms with Gasteiger partial charge in [0, 0.05) is 24.5 Å². The van der Waals surface area contributed by atoms with E-state index in [1.54, 1.807) is 15.8 Å². The summed E-state index contributed by atoms with van der Waals surface area (Å²) in [6, 6.07) is 18.0. The molecule has 6 heteroatoms. The Bertz CT molecular complexity index is 994. The quantitative estimate of drug-likeness (QED) is 0.626. The highest BCUT2D eigenvalue weighted by Crippen LogP contribution is 2.38. The van der Waals surface area contributed by atoms with E-state index in [4.69, 9.17) is 9.47 Å². The van der Waals surface area contributed by atoms with Crippen molar-refractivity contribution in [2.24, 2.45) is 0 Å². The Morgan fingerprint density at radius 2 is 1.90 bits per heavy atom. The van der Waals surface area contributed by atoms with Gasteiger partial charge in [0.05, 0.1) is 0 Å². The third-order valence-corrected chi connectivity index (χ3v) is 4.97. The molecule has 3 aromatic rings. The molecule has 4 rings (SSSR count). The third kappa shape index (κ3) is 4.32. The van der Waals surface area contributed by atoms with Crippen LogP contribution in [0.1, 0.15) is 43.6 Å². The maximum atomic E-state index is 13.0. The zero-order chi connectivity index (χ0) is 21.1. The summed E-state index contributed by atoms with van der Waals surface area (Å²) < 4.78 is 13.7. The molecule has 1 unspecified atom stereocenters. The molecule has 1 aliphatic rings. The predicted molar refractivity (Wildman–Crippen MR) is 114 cm³/mol. The van der Waals surface area contributed by atoms with Crippen LogP contribution in [0, 0.1) is 0 Å². The highest BCUT2D eigenvalue weighted by Gasteiger charge is 2.37. The van der Waals surface area contributed by atoms with Crippen LogP contribution in [0.25, 0.3) is 0 Å². The first-order valence-electron chi connectivity index (χ1n) is 10.2. The summed E-state index contributed by atoms with van der Waals surface area (Å²) in [7, 11) is 0. The van der Waals surface area contributed by atoms with E-state index in [2.05, 4.69) is 11.2 Å². The molecule has 0 N–H and O–H groups in total. The Labute approximate surface area is 177 Å². The van der Waals surface area contributed by atoms with Crippen LogP contribution in [0.5, 0.6) is 5.75 Å². The summed E-state index contributed by atoms with van der Waals surface area (Å²) in [6.07, 6.45) is 3.53. The lowest BCUT2D eigenvalue weighted by molar-refractivity contribution is 0.00890. The van der Waals surface area contributed by atoms with Crippen molar-refractivity contribution in [1.29, 1.82) is 0 Å². The van der Waals surface area contributed by atoms with E-state index in [1.165, 1.54) is 0 Å². The molecule has 0 radical (unpaired) electrons. The van der Waals surface area contributed by atoms with Crippen molar-refractivity contribution in [3.63, 3.8) is 0 Å². The first kappa shape index (κ1) is 20.0. The van der Waals surface area contributed by atoms with Crippen LogP contribution >= 0.6 is 0 Å². The molecule has 30 heavy (non-hydrogen) atoms. The van der Waals surface area contributed by atoms with Crippen molar-refractivity contribution in [2.45, 2.75) is 45.6 Å². The largest absolute Gasteiger partial charge is 0.488 e. The Balaban J connectivity index is 1.70. The fourth-order valence-corrected chi connectivity index (χ4v) is 3.69. The van der Waals surface area contributed by atoms with Gasteiger partial charge in [-0.3, -0.25) is 4.90 Å². The fraction of sp³-hybridized carbons (Fsp3) is 0.333. The normalized spacial score (nSPS) is 16.1. The van der Waals surface area contributed by atoms with Gasteiger partial charge in [0.25, 0.3) is 0 Å². The van der Waals surface area contributed by atoms with Crippen LogP contribution in [-0.4, -0.2) is 32.9 Å². The Morgan fingerprint density at radius 1 is 1.10 bits per heavy atom. The molecule has 1 aromatic heterocycles. The predicted octanol–water partition coefficient (Wildman–Crippen LogP) is 4.80.